The van der Waals surface area contributed by atoms with Gasteiger partial charge in [-0.1, -0.05) is 0 Å². The van der Waals surface area contributed by atoms with E-state index < -0.39 is 0 Å². The van der Waals surface area contributed by atoms with Crippen LogP contribution in [-0.2, 0) is 13.6 Å². The Labute approximate surface area is 83.4 Å². The lowest BCUT2D eigenvalue weighted by Crippen LogP contribution is -2.54. The number of hydrogen-bond acceptors (Lipinski definition) is 2. The molecule has 4 nitrogen and oxygen atoms in total. The number of aromatic nitrogens is 2. The molecular weight excluding hydrogens is 180 g/mol. The van der Waals surface area contributed by atoms with Gasteiger partial charge in [-0.05, 0) is 13.8 Å². The smallest absolute Gasteiger partial charge is 0.396 e. The monoisotopic (exact) mass is 197 g/mol. The molecule has 0 saturated heterocycles. The van der Waals surface area contributed by atoms with Crippen molar-refractivity contribution in [1.82, 2.24) is 4.57 Å². The van der Waals surface area contributed by atoms with E-state index in [1.807, 2.05) is 19.9 Å². The maximum absolute atomic E-state index is 11.8. The second-order valence-corrected chi connectivity index (χ2v) is 3.50. The maximum Gasteiger partial charge on any atom is 0.498 e. The molecule has 1 heterocycles. The fourth-order valence-electron chi connectivity index (χ4n) is 1.46. The molecule has 1 rings (SSSR count). The largest absolute Gasteiger partial charge is 0.498 e. The van der Waals surface area contributed by atoms with Crippen LogP contribution >= 0.6 is 0 Å². The lowest BCUT2D eigenvalue weighted by molar-refractivity contribution is -0.697. The van der Waals surface area contributed by atoms with Crippen molar-refractivity contribution in [2.24, 2.45) is 7.05 Å². The highest BCUT2D eigenvalue weighted by Crippen LogP contribution is 1.96. The van der Waals surface area contributed by atoms with E-state index in [4.69, 9.17) is 5.11 Å². The fraction of sp³-hybridized carbons (Fsp3) is 0.600. The highest BCUT2D eigenvalue weighted by molar-refractivity contribution is 5.02. The summed E-state index contributed by atoms with van der Waals surface area (Å²) in [7, 11) is 1.76. The van der Waals surface area contributed by atoms with Crippen molar-refractivity contribution in [2.45, 2.75) is 26.8 Å². The standard InChI is InChI=1S/C10H17N2O2/c1-8-7-9(2)12(5-4-6-13)10(14)11(8)3/h7,13H,4-6H2,1-3H3/q+1. The Morgan fingerprint density at radius 1 is 1.50 bits per heavy atom. The highest BCUT2D eigenvalue weighted by Gasteiger charge is 2.13. The summed E-state index contributed by atoms with van der Waals surface area (Å²) in [6.45, 7) is 4.51. The van der Waals surface area contributed by atoms with Crippen LogP contribution in [0.25, 0.3) is 0 Å². The van der Waals surface area contributed by atoms with Gasteiger partial charge in [0.15, 0.2) is 0 Å². The van der Waals surface area contributed by atoms with Crippen molar-refractivity contribution >= 4 is 0 Å². The van der Waals surface area contributed by atoms with Gasteiger partial charge in [-0.2, -0.15) is 13.9 Å². The zero-order valence-electron chi connectivity index (χ0n) is 8.95. The first-order valence-corrected chi connectivity index (χ1v) is 4.76. The van der Waals surface area contributed by atoms with Crippen LogP contribution < -0.4 is 10.3 Å². The molecule has 0 bridgehead atoms. The molecule has 0 radical (unpaired) electrons. The average molecular weight is 197 g/mol. The molecule has 0 fully saturated rings. The topological polar surface area (TPSA) is 46.1 Å². The third-order valence-electron chi connectivity index (χ3n) is 2.43. The molecule has 78 valence electrons. The molecule has 0 spiro atoms. The summed E-state index contributed by atoms with van der Waals surface area (Å²) >= 11 is 0. The van der Waals surface area contributed by atoms with Gasteiger partial charge < -0.3 is 5.11 Å². The molecule has 0 saturated carbocycles. The number of aliphatic hydroxyl groups excluding tert-OH is 1. The van der Waals surface area contributed by atoms with Crippen LogP contribution in [0.15, 0.2) is 10.9 Å². The van der Waals surface area contributed by atoms with Crippen LogP contribution in [0.5, 0.6) is 0 Å². The van der Waals surface area contributed by atoms with Gasteiger partial charge in [0.2, 0.25) is 0 Å². The van der Waals surface area contributed by atoms with E-state index >= 15 is 0 Å². The third kappa shape index (κ3) is 2.01. The van der Waals surface area contributed by atoms with Crippen molar-refractivity contribution in [3.63, 3.8) is 0 Å². The fourth-order valence-corrected chi connectivity index (χ4v) is 1.46. The molecular formula is C10H17N2O2+. The average Bonchev–Trinajstić information content (AvgIpc) is 2.14. The lowest BCUT2D eigenvalue weighted by Gasteiger charge is -2.04. The van der Waals surface area contributed by atoms with Gasteiger partial charge in [0.05, 0.1) is 13.6 Å². The first-order valence-electron chi connectivity index (χ1n) is 4.76. The number of aryl methyl sites for hydroxylation is 2. The minimum Gasteiger partial charge on any atom is -0.396 e. The Balaban J connectivity index is 3.16. The van der Waals surface area contributed by atoms with Gasteiger partial charge in [-0.15, -0.1) is 0 Å². The number of hydrogen-bond donors (Lipinski definition) is 1. The summed E-state index contributed by atoms with van der Waals surface area (Å²) < 4.78 is 3.30. The van der Waals surface area contributed by atoms with Gasteiger partial charge in [0.25, 0.3) is 0 Å². The summed E-state index contributed by atoms with van der Waals surface area (Å²) in [6.07, 6.45) is 0.615. The van der Waals surface area contributed by atoms with E-state index in [9.17, 15) is 4.79 Å². The number of nitrogens with zero attached hydrogens (tertiary/aromatic N) is 2. The molecule has 0 aromatic carbocycles. The van der Waals surface area contributed by atoms with E-state index in [1.54, 1.807) is 16.2 Å². The number of rotatable bonds is 3. The van der Waals surface area contributed by atoms with Crippen LogP contribution in [0.3, 0.4) is 0 Å². The summed E-state index contributed by atoms with van der Waals surface area (Å²) in [5.41, 5.74) is 1.88. The normalized spacial score (nSPS) is 10.6. The first-order chi connectivity index (χ1) is 6.57. The van der Waals surface area contributed by atoms with Crippen LogP contribution in [-0.4, -0.2) is 16.3 Å². The molecule has 0 aliphatic heterocycles. The van der Waals surface area contributed by atoms with Gasteiger partial charge in [-0.3, -0.25) is 0 Å². The molecule has 0 aliphatic rings. The molecule has 1 aromatic heterocycles. The van der Waals surface area contributed by atoms with E-state index in [1.165, 1.54) is 0 Å². The Bertz CT molecular complexity index is 382. The Morgan fingerprint density at radius 2 is 2.14 bits per heavy atom. The minimum absolute atomic E-state index is 0.0176. The molecule has 0 atom stereocenters. The summed E-state index contributed by atoms with van der Waals surface area (Å²) in [5, 5.41) is 8.71. The summed E-state index contributed by atoms with van der Waals surface area (Å²) in [6, 6.07) is 1.97. The van der Waals surface area contributed by atoms with Crippen LogP contribution in [0.1, 0.15) is 17.8 Å². The van der Waals surface area contributed by atoms with Gasteiger partial charge in [0.1, 0.15) is 11.4 Å². The Hall–Kier alpha value is -1.16. The van der Waals surface area contributed by atoms with Crippen LogP contribution in [0.2, 0.25) is 0 Å². The Morgan fingerprint density at radius 3 is 2.71 bits per heavy atom. The van der Waals surface area contributed by atoms with Crippen LogP contribution in [0.4, 0.5) is 0 Å². The highest BCUT2D eigenvalue weighted by atomic mass is 16.3. The third-order valence-corrected chi connectivity index (χ3v) is 2.43. The van der Waals surface area contributed by atoms with Gasteiger partial charge in [-0.25, -0.2) is 0 Å². The van der Waals surface area contributed by atoms with Crippen LogP contribution in [0, 0.1) is 13.8 Å². The van der Waals surface area contributed by atoms with E-state index in [0.29, 0.717) is 13.0 Å². The number of aliphatic hydroxyl groups is 1. The zero-order valence-corrected chi connectivity index (χ0v) is 8.95. The minimum atomic E-state index is -0.0176. The molecule has 14 heavy (non-hydrogen) atoms. The van der Waals surface area contributed by atoms with E-state index in [-0.39, 0.29) is 12.3 Å². The van der Waals surface area contributed by atoms with Crippen molar-refractivity contribution in [1.29, 1.82) is 0 Å². The van der Waals surface area contributed by atoms with Gasteiger partial charge in [0, 0.05) is 19.1 Å². The predicted molar refractivity (Wildman–Crippen MR) is 53.1 cm³/mol. The van der Waals surface area contributed by atoms with Crippen molar-refractivity contribution in [2.75, 3.05) is 6.61 Å². The summed E-state index contributed by atoms with van der Waals surface area (Å²) in [4.78, 5) is 11.8. The molecule has 0 amide bonds. The molecule has 4 heteroatoms. The SMILES string of the molecule is Cc1cc(C)[n+](C)c(=O)n1CCCO. The molecule has 0 unspecified atom stereocenters. The maximum atomic E-state index is 11.8. The second-order valence-electron chi connectivity index (χ2n) is 3.50. The first kappa shape index (κ1) is 10.9. The predicted octanol–water partition coefficient (Wildman–Crippen LogP) is -0.328. The van der Waals surface area contributed by atoms with Crippen molar-refractivity contribution in [3.05, 3.63) is 27.9 Å². The van der Waals surface area contributed by atoms with Gasteiger partial charge >= 0.3 is 5.69 Å². The van der Waals surface area contributed by atoms with E-state index in [0.717, 1.165) is 11.4 Å². The van der Waals surface area contributed by atoms with E-state index in [2.05, 4.69) is 0 Å². The second kappa shape index (κ2) is 4.37. The quantitative estimate of drug-likeness (QED) is 0.675. The summed E-state index contributed by atoms with van der Waals surface area (Å²) in [5.74, 6) is 0. The molecule has 1 aromatic rings. The van der Waals surface area contributed by atoms with Crippen molar-refractivity contribution in [3.8, 4) is 0 Å². The molecule has 0 aliphatic carbocycles. The lowest BCUT2D eigenvalue weighted by atomic mass is 10.3. The molecule has 1 N–H and O–H groups in total. The van der Waals surface area contributed by atoms with Crippen molar-refractivity contribution < 1.29 is 9.67 Å². The Kier molecular flexibility index (Phi) is 3.41. The zero-order chi connectivity index (χ0) is 10.7.